The van der Waals surface area contributed by atoms with Crippen molar-refractivity contribution < 1.29 is 22.7 Å². The molecule has 2 aromatic rings. The predicted molar refractivity (Wildman–Crippen MR) is 95.0 cm³/mol. The molecule has 7 nitrogen and oxygen atoms in total. The molecule has 2 aromatic carbocycles. The lowest BCUT2D eigenvalue weighted by Crippen LogP contribution is -2.27. The molecule has 1 N–H and O–H groups in total. The second-order valence-corrected chi connectivity index (χ2v) is 7.88. The van der Waals surface area contributed by atoms with Gasteiger partial charge in [-0.2, -0.15) is 0 Å². The standard InChI is InChI=1S/C18H18N2O5S/c21-18(20-8-1-2-9-20)13-4-3-5-15(10-13)26(22,23)19-14-6-7-16-17(11-14)25-12-24-16/h3-7,10-11,19H,1-2,8-9,12H2. The number of nitrogens with one attached hydrogen (secondary N) is 1. The maximum atomic E-state index is 12.7. The van der Waals surface area contributed by atoms with Gasteiger partial charge in [0.2, 0.25) is 6.79 Å². The molecule has 0 saturated carbocycles. The highest BCUT2D eigenvalue weighted by Crippen LogP contribution is 2.34. The molecule has 1 fully saturated rings. The van der Waals surface area contributed by atoms with E-state index in [-0.39, 0.29) is 17.6 Å². The summed E-state index contributed by atoms with van der Waals surface area (Å²) in [6.07, 6.45) is 1.96. The van der Waals surface area contributed by atoms with Crippen LogP contribution >= 0.6 is 0 Å². The zero-order valence-electron chi connectivity index (χ0n) is 14.0. The molecule has 1 amide bonds. The number of sulfonamides is 1. The van der Waals surface area contributed by atoms with E-state index < -0.39 is 10.0 Å². The van der Waals surface area contributed by atoms with Gasteiger partial charge in [-0.3, -0.25) is 9.52 Å². The lowest BCUT2D eigenvalue weighted by Gasteiger charge is -2.16. The molecule has 136 valence electrons. The fraction of sp³-hybridized carbons (Fsp3) is 0.278. The van der Waals surface area contributed by atoms with E-state index >= 15 is 0 Å². The zero-order valence-corrected chi connectivity index (χ0v) is 14.8. The highest BCUT2D eigenvalue weighted by atomic mass is 32.2. The van der Waals surface area contributed by atoms with Crippen LogP contribution in [-0.2, 0) is 10.0 Å². The van der Waals surface area contributed by atoms with Crippen molar-refractivity contribution in [2.24, 2.45) is 0 Å². The average molecular weight is 374 g/mol. The van der Waals surface area contributed by atoms with Crippen molar-refractivity contribution in [2.45, 2.75) is 17.7 Å². The number of fused-ring (bicyclic) bond motifs is 1. The van der Waals surface area contributed by atoms with Gasteiger partial charge in [-0.15, -0.1) is 0 Å². The Morgan fingerprint density at radius 3 is 2.58 bits per heavy atom. The van der Waals surface area contributed by atoms with Crippen LogP contribution in [0.3, 0.4) is 0 Å². The molecule has 2 aliphatic rings. The van der Waals surface area contributed by atoms with Crippen molar-refractivity contribution in [3.8, 4) is 11.5 Å². The Morgan fingerprint density at radius 1 is 1.00 bits per heavy atom. The molecular weight excluding hydrogens is 356 g/mol. The first-order valence-corrected chi connectivity index (χ1v) is 9.83. The minimum Gasteiger partial charge on any atom is -0.454 e. The number of anilines is 1. The van der Waals surface area contributed by atoms with Crippen molar-refractivity contribution in [3.05, 3.63) is 48.0 Å². The van der Waals surface area contributed by atoms with Gasteiger partial charge >= 0.3 is 0 Å². The van der Waals surface area contributed by atoms with Crippen LogP contribution in [0.1, 0.15) is 23.2 Å². The van der Waals surface area contributed by atoms with Crippen LogP contribution in [0.4, 0.5) is 5.69 Å². The van der Waals surface area contributed by atoms with Crippen molar-refractivity contribution in [2.75, 3.05) is 24.6 Å². The summed E-state index contributed by atoms with van der Waals surface area (Å²) >= 11 is 0. The molecular formula is C18H18N2O5S. The summed E-state index contributed by atoms with van der Waals surface area (Å²) in [6, 6.07) is 10.9. The Labute approximate surface area is 151 Å². The quantitative estimate of drug-likeness (QED) is 0.889. The number of ether oxygens (including phenoxy) is 2. The topological polar surface area (TPSA) is 84.9 Å². The lowest BCUT2D eigenvalue weighted by atomic mass is 10.2. The monoisotopic (exact) mass is 374 g/mol. The van der Waals surface area contributed by atoms with Crippen LogP contribution in [0.2, 0.25) is 0 Å². The molecule has 0 aliphatic carbocycles. The van der Waals surface area contributed by atoms with E-state index in [2.05, 4.69) is 4.72 Å². The van der Waals surface area contributed by atoms with E-state index in [9.17, 15) is 13.2 Å². The molecule has 0 unspecified atom stereocenters. The fourth-order valence-corrected chi connectivity index (χ4v) is 4.17. The highest BCUT2D eigenvalue weighted by Gasteiger charge is 2.22. The summed E-state index contributed by atoms with van der Waals surface area (Å²) in [4.78, 5) is 14.3. The molecule has 0 radical (unpaired) electrons. The Balaban J connectivity index is 1.57. The first kappa shape index (κ1) is 16.7. The van der Waals surface area contributed by atoms with Crippen molar-refractivity contribution in [1.82, 2.24) is 4.90 Å². The Kier molecular flexibility index (Phi) is 4.20. The first-order chi connectivity index (χ1) is 12.5. The molecule has 1 saturated heterocycles. The van der Waals surface area contributed by atoms with Crippen LogP contribution < -0.4 is 14.2 Å². The van der Waals surface area contributed by atoms with E-state index in [1.807, 2.05) is 0 Å². The van der Waals surface area contributed by atoms with Crippen LogP contribution in [0.25, 0.3) is 0 Å². The normalized spacial score (nSPS) is 15.9. The van der Waals surface area contributed by atoms with Crippen LogP contribution in [0, 0.1) is 0 Å². The van der Waals surface area contributed by atoms with E-state index in [1.54, 1.807) is 35.2 Å². The number of likely N-dealkylation sites (tertiary alicyclic amines) is 1. The number of benzene rings is 2. The van der Waals surface area contributed by atoms with Crippen LogP contribution in [-0.4, -0.2) is 39.1 Å². The summed E-state index contributed by atoms with van der Waals surface area (Å²) in [5.74, 6) is 0.928. The van der Waals surface area contributed by atoms with E-state index in [4.69, 9.17) is 9.47 Å². The van der Waals surface area contributed by atoms with E-state index in [1.165, 1.54) is 12.1 Å². The summed E-state index contributed by atoms with van der Waals surface area (Å²) < 4.78 is 38.4. The van der Waals surface area contributed by atoms with Gasteiger partial charge in [-0.25, -0.2) is 8.42 Å². The minimum atomic E-state index is -3.83. The minimum absolute atomic E-state index is 0.0419. The Hall–Kier alpha value is -2.74. The van der Waals surface area contributed by atoms with Crippen LogP contribution in [0.5, 0.6) is 11.5 Å². The SMILES string of the molecule is O=C(c1cccc(S(=O)(=O)Nc2ccc3c(c2)OCO3)c1)N1CCCC1. The van der Waals surface area contributed by atoms with Crippen molar-refractivity contribution in [3.63, 3.8) is 0 Å². The molecule has 26 heavy (non-hydrogen) atoms. The molecule has 0 spiro atoms. The molecule has 2 heterocycles. The lowest BCUT2D eigenvalue weighted by molar-refractivity contribution is 0.0792. The van der Waals surface area contributed by atoms with Crippen molar-refractivity contribution >= 4 is 21.6 Å². The molecule has 0 bridgehead atoms. The van der Waals surface area contributed by atoms with Gasteiger partial charge in [0.25, 0.3) is 15.9 Å². The largest absolute Gasteiger partial charge is 0.454 e. The van der Waals surface area contributed by atoms with Gasteiger partial charge in [-0.1, -0.05) is 6.07 Å². The average Bonchev–Trinajstić information content (AvgIpc) is 3.32. The summed E-state index contributed by atoms with van der Waals surface area (Å²) in [7, 11) is -3.83. The molecule has 0 atom stereocenters. The van der Waals surface area contributed by atoms with Gasteiger partial charge in [0.05, 0.1) is 10.6 Å². The second kappa shape index (κ2) is 6.53. The number of carbonyl (C=O) groups is 1. The number of nitrogens with zero attached hydrogens (tertiary/aromatic N) is 1. The third kappa shape index (κ3) is 3.20. The Bertz CT molecular complexity index is 952. The van der Waals surface area contributed by atoms with Gasteiger partial charge in [0, 0.05) is 24.7 Å². The van der Waals surface area contributed by atoms with Crippen molar-refractivity contribution in [1.29, 1.82) is 0 Å². The van der Waals surface area contributed by atoms with Crippen LogP contribution in [0.15, 0.2) is 47.4 Å². The summed E-state index contributed by atoms with van der Waals surface area (Å²) in [6.45, 7) is 1.54. The van der Waals surface area contributed by atoms with E-state index in [0.29, 0.717) is 35.8 Å². The fourth-order valence-electron chi connectivity index (χ4n) is 3.07. The maximum absolute atomic E-state index is 12.7. The maximum Gasteiger partial charge on any atom is 0.261 e. The van der Waals surface area contributed by atoms with Gasteiger partial charge in [-0.05, 0) is 43.2 Å². The zero-order chi connectivity index (χ0) is 18.1. The van der Waals surface area contributed by atoms with E-state index in [0.717, 1.165) is 12.8 Å². The first-order valence-electron chi connectivity index (χ1n) is 8.35. The predicted octanol–water partition coefficient (Wildman–Crippen LogP) is 2.45. The smallest absolute Gasteiger partial charge is 0.261 e. The highest BCUT2D eigenvalue weighted by molar-refractivity contribution is 7.92. The Morgan fingerprint density at radius 2 is 1.77 bits per heavy atom. The number of hydrogen-bond acceptors (Lipinski definition) is 5. The third-order valence-corrected chi connectivity index (χ3v) is 5.79. The summed E-state index contributed by atoms with van der Waals surface area (Å²) in [5, 5.41) is 0. The molecule has 2 aliphatic heterocycles. The second-order valence-electron chi connectivity index (χ2n) is 6.20. The molecule has 0 aromatic heterocycles. The number of hydrogen-bond donors (Lipinski definition) is 1. The van der Waals surface area contributed by atoms with Gasteiger partial charge < -0.3 is 14.4 Å². The number of amides is 1. The molecule has 8 heteroatoms. The third-order valence-electron chi connectivity index (χ3n) is 4.41. The molecule has 4 rings (SSSR count). The summed E-state index contributed by atoms with van der Waals surface area (Å²) in [5.41, 5.74) is 0.742. The number of rotatable bonds is 4. The number of carbonyl (C=O) groups excluding carboxylic acids is 1. The van der Waals surface area contributed by atoms with Gasteiger partial charge in [0.1, 0.15) is 0 Å². The van der Waals surface area contributed by atoms with Gasteiger partial charge in [0.15, 0.2) is 11.5 Å².